The Morgan fingerprint density at radius 3 is 2.72 bits per heavy atom. The summed E-state index contributed by atoms with van der Waals surface area (Å²) in [5.74, 6) is -0.214. The van der Waals surface area contributed by atoms with Crippen LogP contribution in [0.3, 0.4) is 0 Å². The van der Waals surface area contributed by atoms with Crippen LogP contribution in [0, 0.1) is 0 Å². The zero-order chi connectivity index (χ0) is 17.6. The summed E-state index contributed by atoms with van der Waals surface area (Å²) >= 11 is 0. The largest absolute Gasteiger partial charge is 0.350 e. The minimum atomic E-state index is -0.551. The maximum atomic E-state index is 12.8. The first-order valence-corrected chi connectivity index (χ1v) is 9.24. The van der Waals surface area contributed by atoms with Gasteiger partial charge in [-0.2, -0.15) is 0 Å². The summed E-state index contributed by atoms with van der Waals surface area (Å²) in [6.45, 7) is 8.04. The van der Waals surface area contributed by atoms with E-state index in [-0.39, 0.29) is 17.9 Å². The first kappa shape index (κ1) is 16.3. The molecule has 1 N–H and O–H groups in total. The Labute approximate surface area is 148 Å². The van der Waals surface area contributed by atoms with Crippen LogP contribution in [0.1, 0.15) is 48.5 Å². The Kier molecular flexibility index (Phi) is 4.12. The molecule has 2 fully saturated rings. The summed E-state index contributed by atoms with van der Waals surface area (Å²) in [6.07, 6.45) is 4.64. The monoisotopic (exact) mass is 339 g/mol. The lowest BCUT2D eigenvalue weighted by molar-refractivity contribution is -0.125. The van der Waals surface area contributed by atoms with E-state index >= 15 is 0 Å². The predicted octanol–water partition coefficient (Wildman–Crippen LogP) is 2.24. The molecule has 0 aromatic heterocycles. The molecule has 1 aromatic carbocycles. The maximum Gasteiger partial charge on any atom is 0.259 e. The minimum absolute atomic E-state index is 0.0836. The number of nitrogens with one attached hydrogen (secondary N) is 1. The van der Waals surface area contributed by atoms with Crippen molar-refractivity contribution in [3.63, 3.8) is 0 Å². The first-order valence-electron chi connectivity index (χ1n) is 9.24. The van der Waals surface area contributed by atoms with Gasteiger partial charge in [0.25, 0.3) is 5.91 Å². The van der Waals surface area contributed by atoms with E-state index < -0.39 is 6.04 Å². The number of carbonyl (C=O) groups is 2. The number of benzene rings is 1. The number of amides is 2. The van der Waals surface area contributed by atoms with Gasteiger partial charge >= 0.3 is 0 Å². The number of rotatable bonds is 3. The molecule has 5 heteroatoms. The van der Waals surface area contributed by atoms with E-state index in [1.165, 1.54) is 17.7 Å². The highest BCUT2D eigenvalue weighted by molar-refractivity contribution is 6.10. The summed E-state index contributed by atoms with van der Waals surface area (Å²) in [4.78, 5) is 29.6. The smallest absolute Gasteiger partial charge is 0.259 e. The number of hydrogen-bond donors (Lipinski definition) is 1. The van der Waals surface area contributed by atoms with E-state index in [0.29, 0.717) is 17.3 Å². The van der Waals surface area contributed by atoms with Gasteiger partial charge in [0.05, 0.1) is 0 Å². The van der Waals surface area contributed by atoms with E-state index in [1.54, 1.807) is 13.0 Å². The topological polar surface area (TPSA) is 52.7 Å². The molecule has 0 spiro atoms. The predicted molar refractivity (Wildman–Crippen MR) is 96.9 cm³/mol. The van der Waals surface area contributed by atoms with Crippen molar-refractivity contribution in [2.24, 2.45) is 0 Å². The minimum Gasteiger partial charge on any atom is -0.350 e. The number of piperidine rings is 1. The molecule has 5 nitrogen and oxygen atoms in total. The molecular weight excluding hydrogens is 314 g/mol. The Morgan fingerprint density at radius 2 is 1.96 bits per heavy atom. The van der Waals surface area contributed by atoms with Gasteiger partial charge in [-0.05, 0) is 38.8 Å². The van der Waals surface area contributed by atoms with E-state index in [2.05, 4.69) is 16.8 Å². The Hall–Kier alpha value is -2.14. The standard InChI is InChI=1S/C20H25N3O2/c1-13-15-7-3-4-8-16(15)20(25)23(13)14(2)19(24)21-17-10-12-22-11-6-5-9-18(17)22/h3-4,7-8,14,17-18H,1,5-6,9-12H2,2H3,(H,21,24)/t14-,17+,18-/m1/s1. The summed E-state index contributed by atoms with van der Waals surface area (Å²) in [5, 5.41) is 3.21. The average molecular weight is 339 g/mol. The van der Waals surface area contributed by atoms with Gasteiger partial charge in [-0.25, -0.2) is 0 Å². The summed E-state index contributed by atoms with van der Waals surface area (Å²) in [7, 11) is 0. The molecule has 0 unspecified atom stereocenters. The maximum absolute atomic E-state index is 12.8. The fourth-order valence-corrected chi connectivity index (χ4v) is 4.55. The second-order valence-electron chi connectivity index (χ2n) is 7.35. The van der Waals surface area contributed by atoms with Crippen molar-refractivity contribution < 1.29 is 9.59 Å². The van der Waals surface area contributed by atoms with Gasteiger partial charge < -0.3 is 5.32 Å². The molecule has 132 valence electrons. The normalized spacial score (nSPS) is 27.2. The lowest BCUT2D eigenvalue weighted by Gasteiger charge is -2.33. The Balaban J connectivity index is 1.46. The number of fused-ring (bicyclic) bond motifs is 2. The molecule has 0 bridgehead atoms. The molecule has 25 heavy (non-hydrogen) atoms. The molecule has 2 saturated heterocycles. The zero-order valence-corrected chi connectivity index (χ0v) is 14.7. The van der Waals surface area contributed by atoms with Crippen LogP contribution in [0.25, 0.3) is 5.70 Å². The molecule has 3 aliphatic heterocycles. The molecule has 0 saturated carbocycles. The first-order chi connectivity index (χ1) is 12.1. The lowest BCUT2D eigenvalue weighted by atomic mass is 9.99. The summed E-state index contributed by atoms with van der Waals surface area (Å²) < 4.78 is 0. The van der Waals surface area contributed by atoms with Gasteiger partial charge in [0.15, 0.2) is 0 Å². The number of carbonyl (C=O) groups excluding carboxylic acids is 2. The van der Waals surface area contributed by atoms with Crippen LogP contribution < -0.4 is 5.32 Å². The van der Waals surface area contributed by atoms with Gasteiger partial charge in [-0.3, -0.25) is 19.4 Å². The zero-order valence-electron chi connectivity index (χ0n) is 14.7. The molecule has 3 aliphatic rings. The van der Waals surface area contributed by atoms with Crippen LogP contribution in [0.5, 0.6) is 0 Å². The van der Waals surface area contributed by atoms with Crippen molar-refractivity contribution in [1.29, 1.82) is 0 Å². The SMILES string of the molecule is C=C1c2ccccc2C(=O)N1[C@H](C)C(=O)N[C@H]1CCN2CCCC[C@H]12. The van der Waals surface area contributed by atoms with Crippen molar-refractivity contribution in [3.8, 4) is 0 Å². The second kappa shape index (κ2) is 6.30. The average Bonchev–Trinajstić information content (AvgIpc) is 3.15. The van der Waals surface area contributed by atoms with E-state index in [1.807, 2.05) is 18.2 Å². The highest BCUT2D eigenvalue weighted by Gasteiger charge is 2.40. The highest BCUT2D eigenvalue weighted by Crippen LogP contribution is 2.33. The van der Waals surface area contributed by atoms with Crippen LogP contribution in [0.2, 0.25) is 0 Å². The van der Waals surface area contributed by atoms with Gasteiger partial charge in [0, 0.05) is 35.5 Å². The Morgan fingerprint density at radius 1 is 1.20 bits per heavy atom. The molecule has 3 atom stereocenters. The second-order valence-corrected chi connectivity index (χ2v) is 7.35. The fraction of sp³-hybridized carbons (Fsp3) is 0.500. The molecule has 4 rings (SSSR count). The van der Waals surface area contributed by atoms with Crippen LogP contribution in [0.15, 0.2) is 30.8 Å². The van der Waals surface area contributed by atoms with Crippen molar-refractivity contribution >= 4 is 17.5 Å². The summed E-state index contributed by atoms with van der Waals surface area (Å²) in [5.41, 5.74) is 2.08. The molecule has 2 amide bonds. The molecule has 1 aromatic rings. The third kappa shape index (κ3) is 2.67. The van der Waals surface area contributed by atoms with Crippen LogP contribution in [-0.4, -0.2) is 52.8 Å². The number of hydrogen-bond acceptors (Lipinski definition) is 3. The van der Waals surface area contributed by atoms with Crippen LogP contribution >= 0.6 is 0 Å². The Bertz CT molecular complexity index is 694. The van der Waals surface area contributed by atoms with E-state index in [0.717, 1.165) is 31.5 Å². The van der Waals surface area contributed by atoms with Crippen molar-refractivity contribution in [2.75, 3.05) is 13.1 Å². The fourth-order valence-electron chi connectivity index (χ4n) is 4.55. The van der Waals surface area contributed by atoms with Crippen molar-refractivity contribution in [2.45, 2.75) is 50.7 Å². The van der Waals surface area contributed by atoms with Crippen molar-refractivity contribution in [1.82, 2.24) is 15.1 Å². The third-order valence-corrected chi connectivity index (χ3v) is 5.93. The number of nitrogens with zero attached hydrogens (tertiary/aromatic N) is 2. The third-order valence-electron chi connectivity index (χ3n) is 5.93. The van der Waals surface area contributed by atoms with Crippen molar-refractivity contribution in [3.05, 3.63) is 42.0 Å². The van der Waals surface area contributed by atoms with Gasteiger partial charge in [0.2, 0.25) is 5.91 Å². The molecule has 0 aliphatic carbocycles. The van der Waals surface area contributed by atoms with Crippen LogP contribution in [-0.2, 0) is 4.79 Å². The highest BCUT2D eigenvalue weighted by atomic mass is 16.2. The van der Waals surface area contributed by atoms with E-state index in [4.69, 9.17) is 0 Å². The van der Waals surface area contributed by atoms with E-state index in [9.17, 15) is 9.59 Å². The quantitative estimate of drug-likeness (QED) is 0.919. The van der Waals surface area contributed by atoms with Gasteiger partial charge in [0.1, 0.15) is 6.04 Å². The van der Waals surface area contributed by atoms with Crippen LogP contribution in [0.4, 0.5) is 0 Å². The molecule has 0 radical (unpaired) electrons. The van der Waals surface area contributed by atoms with Gasteiger partial charge in [-0.1, -0.05) is 31.2 Å². The molecule has 3 heterocycles. The molecular formula is C20H25N3O2. The lowest BCUT2D eigenvalue weighted by Crippen LogP contribution is -2.52. The van der Waals surface area contributed by atoms with Gasteiger partial charge in [-0.15, -0.1) is 0 Å². The summed E-state index contributed by atoms with van der Waals surface area (Å²) in [6, 6.07) is 7.52.